The first-order valence-electron chi connectivity index (χ1n) is 6.47. The van der Waals surface area contributed by atoms with E-state index in [0.29, 0.717) is 29.7 Å². The summed E-state index contributed by atoms with van der Waals surface area (Å²) in [5.41, 5.74) is 6.49. The molecule has 2 heterocycles. The molecule has 0 unspecified atom stereocenters. The fourth-order valence-electron chi connectivity index (χ4n) is 1.98. The number of nitrogen functional groups attached to an aromatic ring is 1. The second-order valence-electron chi connectivity index (χ2n) is 4.41. The van der Waals surface area contributed by atoms with Crippen molar-refractivity contribution in [3.05, 3.63) is 17.8 Å². The van der Waals surface area contributed by atoms with Gasteiger partial charge >= 0.3 is 5.97 Å². The second kappa shape index (κ2) is 6.65. The van der Waals surface area contributed by atoms with Crippen LogP contribution in [-0.4, -0.2) is 35.1 Å². The van der Waals surface area contributed by atoms with E-state index in [-0.39, 0.29) is 0 Å². The zero-order valence-corrected chi connectivity index (χ0v) is 11.8. The maximum absolute atomic E-state index is 11.7. The highest BCUT2D eigenvalue weighted by Gasteiger charge is 2.16. The first-order chi connectivity index (χ1) is 9.20. The Bertz CT molecular complexity index is 448. The van der Waals surface area contributed by atoms with Crippen LogP contribution < -0.4 is 11.1 Å². The van der Waals surface area contributed by atoms with Gasteiger partial charge in [0.1, 0.15) is 5.82 Å². The van der Waals surface area contributed by atoms with Crippen LogP contribution in [0.2, 0.25) is 0 Å². The number of carbonyl (C=O) groups is 1. The molecule has 1 saturated heterocycles. The van der Waals surface area contributed by atoms with Crippen molar-refractivity contribution in [2.45, 2.75) is 25.8 Å². The summed E-state index contributed by atoms with van der Waals surface area (Å²) in [5, 5.41) is 3.36. The molecule has 19 heavy (non-hydrogen) atoms. The van der Waals surface area contributed by atoms with Gasteiger partial charge in [0.25, 0.3) is 0 Å². The highest BCUT2D eigenvalue weighted by molar-refractivity contribution is 7.99. The van der Waals surface area contributed by atoms with E-state index in [4.69, 9.17) is 10.5 Å². The number of thioether (sulfide) groups is 1. The van der Waals surface area contributed by atoms with Crippen LogP contribution in [0.3, 0.4) is 0 Å². The van der Waals surface area contributed by atoms with E-state index in [1.54, 1.807) is 13.0 Å². The van der Waals surface area contributed by atoms with Gasteiger partial charge in [-0.15, -0.1) is 0 Å². The van der Waals surface area contributed by atoms with Crippen LogP contribution in [0.4, 0.5) is 11.5 Å². The predicted molar refractivity (Wildman–Crippen MR) is 78.6 cm³/mol. The number of nitrogens with two attached hydrogens (primary N) is 1. The van der Waals surface area contributed by atoms with Crippen molar-refractivity contribution >= 4 is 29.2 Å². The number of nitrogens with zero attached hydrogens (tertiary/aromatic N) is 1. The zero-order valence-electron chi connectivity index (χ0n) is 11.0. The number of nitrogens with one attached hydrogen (secondary N) is 1. The third-order valence-electron chi connectivity index (χ3n) is 3.00. The quantitative estimate of drug-likeness (QED) is 0.823. The maximum Gasteiger partial charge on any atom is 0.340 e. The molecule has 1 aliphatic rings. The lowest BCUT2D eigenvalue weighted by Crippen LogP contribution is -2.25. The van der Waals surface area contributed by atoms with Crippen molar-refractivity contribution in [2.75, 3.05) is 29.2 Å². The molecule has 0 aromatic carbocycles. The number of rotatable bonds is 4. The maximum atomic E-state index is 11.7. The van der Waals surface area contributed by atoms with Gasteiger partial charge in [0.2, 0.25) is 0 Å². The average Bonchev–Trinajstić information content (AvgIpc) is 2.42. The minimum atomic E-state index is -0.398. The molecule has 0 saturated carbocycles. The normalized spacial score (nSPS) is 16.1. The molecular formula is C13H19N3O2S. The summed E-state index contributed by atoms with van der Waals surface area (Å²) >= 11 is 1.97. The molecule has 104 valence electrons. The molecule has 0 amide bonds. The Morgan fingerprint density at radius 1 is 1.58 bits per heavy atom. The SMILES string of the molecule is CCOC(=O)c1cc(NC2CCSCC2)ncc1N. The fraction of sp³-hybridized carbons (Fsp3) is 0.538. The lowest BCUT2D eigenvalue weighted by atomic mass is 10.1. The lowest BCUT2D eigenvalue weighted by Gasteiger charge is -2.23. The third kappa shape index (κ3) is 3.76. The van der Waals surface area contributed by atoms with Crippen LogP contribution in [0, 0.1) is 0 Å². The van der Waals surface area contributed by atoms with E-state index < -0.39 is 5.97 Å². The Kier molecular flexibility index (Phi) is 4.90. The van der Waals surface area contributed by atoms with E-state index in [1.165, 1.54) is 6.20 Å². The number of aromatic nitrogens is 1. The molecule has 6 heteroatoms. The summed E-state index contributed by atoms with van der Waals surface area (Å²) < 4.78 is 4.98. The van der Waals surface area contributed by atoms with Crippen LogP contribution in [0.1, 0.15) is 30.1 Å². The number of pyridine rings is 1. The Balaban J connectivity index is 2.08. The van der Waals surface area contributed by atoms with Crippen LogP contribution in [-0.2, 0) is 4.74 Å². The van der Waals surface area contributed by atoms with Gasteiger partial charge in [0.05, 0.1) is 24.1 Å². The summed E-state index contributed by atoms with van der Waals surface area (Å²) in [5.74, 6) is 2.62. The summed E-state index contributed by atoms with van der Waals surface area (Å²) in [6.07, 6.45) is 3.74. The second-order valence-corrected chi connectivity index (χ2v) is 5.63. The van der Waals surface area contributed by atoms with E-state index >= 15 is 0 Å². The van der Waals surface area contributed by atoms with Crippen molar-refractivity contribution in [3.63, 3.8) is 0 Å². The topological polar surface area (TPSA) is 77.2 Å². The van der Waals surface area contributed by atoms with E-state index in [2.05, 4.69) is 10.3 Å². The van der Waals surface area contributed by atoms with Crippen LogP contribution >= 0.6 is 11.8 Å². The largest absolute Gasteiger partial charge is 0.462 e. The zero-order chi connectivity index (χ0) is 13.7. The third-order valence-corrected chi connectivity index (χ3v) is 4.05. The molecule has 0 radical (unpaired) electrons. The molecule has 1 aromatic heterocycles. The Morgan fingerprint density at radius 2 is 2.32 bits per heavy atom. The fourth-order valence-corrected chi connectivity index (χ4v) is 3.09. The molecule has 1 aliphatic heterocycles. The van der Waals surface area contributed by atoms with Crippen LogP contribution in [0.5, 0.6) is 0 Å². The smallest absolute Gasteiger partial charge is 0.340 e. The average molecular weight is 281 g/mol. The molecule has 1 fully saturated rings. The van der Waals surface area contributed by atoms with Gasteiger partial charge in [-0.1, -0.05) is 0 Å². The number of esters is 1. The van der Waals surface area contributed by atoms with Gasteiger partial charge in [-0.25, -0.2) is 9.78 Å². The molecule has 0 aliphatic carbocycles. The summed E-state index contributed by atoms with van der Waals surface area (Å²) in [4.78, 5) is 16.0. The summed E-state index contributed by atoms with van der Waals surface area (Å²) in [7, 11) is 0. The number of anilines is 2. The number of ether oxygens (including phenoxy) is 1. The standard InChI is InChI=1S/C13H19N3O2S/c1-2-18-13(17)10-7-12(15-8-11(10)14)16-9-3-5-19-6-4-9/h7-9H,2-6,14H2,1H3,(H,15,16). The number of hydrogen-bond acceptors (Lipinski definition) is 6. The van der Waals surface area contributed by atoms with Gasteiger partial charge < -0.3 is 15.8 Å². The Morgan fingerprint density at radius 3 is 3.00 bits per heavy atom. The molecule has 5 nitrogen and oxygen atoms in total. The van der Waals surface area contributed by atoms with Gasteiger partial charge in [0.15, 0.2) is 0 Å². The molecule has 1 aromatic rings. The van der Waals surface area contributed by atoms with Gasteiger partial charge in [-0.05, 0) is 37.3 Å². The molecule has 3 N–H and O–H groups in total. The highest BCUT2D eigenvalue weighted by Crippen LogP contribution is 2.22. The Hall–Kier alpha value is -1.43. The summed E-state index contributed by atoms with van der Waals surface area (Å²) in [6.45, 7) is 2.11. The van der Waals surface area contributed by atoms with E-state index in [1.807, 2.05) is 11.8 Å². The van der Waals surface area contributed by atoms with Crippen molar-refractivity contribution in [1.29, 1.82) is 0 Å². The first kappa shape index (κ1) is 14.0. The highest BCUT2D eigenvalue weighted by atomic mass is 32.2. The van der Waals surface area contributed by atoms with Crippen molar-refractivity contribution in [2.24, 2.45) is 0 Å². The summed E-state index contributed by atoms with van der Waals surface area (Å²) in [6, 6.07) is 2.10. The molecule has 0 spiro atoms. The molecule has 0 bridgehead atoms. The minimum Gasteiger partial charge on any atom is -0.462 e. The number of hydrogen-bond donors (Lipinski definition) is 2. The predicted octanol–water partition coefficient (Wildman–Crippen LogP) is 2.15. The van der Waals surface area contributed by atoms with Gasteiger partial charge in [0, 0.05) is 6.04 Å². The van der Waals surface area contributed by atoms with Crippen molar-refractivity contribution in [1.82, 2.24) is 4.98 Å². The van der Waals surface area contributed by atoms with Crippen molar-refractivity contribution < 1.29 is 9.53 Å². The van der Waals surface area contributed by atoms with Crippen LogP contribution in [0.25, 0.3) is 0 Å². The van der Waals surface area contributed by atoms with E-state index in [9.17, 15) is 4.79 Å². The van der Waals surface area contributed by atoms with Crippen LogP contribution in [0.15, 0.2) is 12.3 Å². The molecule has 0 atom stereocenters. The minimum absolute atomic E-state index is 0.337. The van der Waals surface area contributed by atoms with Gasteiger partial charge in [-0.3, -0.25) is 0 Å². The number of carbonyl (C=O) groups excluding carboxylic acids is 1. The van der Waals surface area contributed by atoms with E-state index in [0.717, 1.165) is 24.3 Å². The monoisotopic (exact) mass is 281 g/mol. The Labute approximate surface area is 117 Å². The van der Waals surface area contributed by atoms with Crippen molar-refractivity contribution in [3.8, 4) is 0 Å². The lowest BCUT2D eigenvalue weighted by molar-refractivity contribution is 0.0527. The molecule has 2 rings (SSSR count). The first-order valence-corrected chi connectivity index (χ1v) is 7.63. The molecular weight excluding hydrogens is 262 g/mol. The van der Waals surface area contributed by atoms with Gasteiger partial charge in [-0.2, -0.15) is 11.8 Å².